The third-order valence-corrected chi connectivity index (χ3v) is 2.49. The number of aromatic nitrogens is 2. The minimum absolute atomic E-state index is 0.0755. The van der Waals surface area contributed by atoms with Gasteiger partial charge in [0.15, 0.2) is 18.0 Å². The number of aromatic carboxylic acids is 1. The Morgan fingerprint density at radius 1 is 1.71 bits per heavy atom. The lowest BCUT2D eigenvalue weighted by atomic mass is 10.1. The van der Waals surface area contributed by atoms with Crippen LogP contribution in [0.25, 0.3) is 0 Å². The van der Waals surface area contributed by atoms with E-state index in [0.717, 1.165) is 4.09 Å². The van der Waals surface area contributed by atoms with Gasteiger partial charge in [-0.1, -0.05) is 0 Å². The number of hydrogen-bond acceptors (Lipinski definition) is 4. The Balaban J connectivity index is 2.52. The van der Waals surface area contributed by atoms with Crippen molar-refractivity contribution in [1.29, 1.82) is 0 Å². The normalized spacial score (nSPS) is 15.2. The lowest BCUT2D eigenvalue weighted by molar-refractivity contribution is 0.0686. The number of rotatable bonds is 2. The number of ether oxygens (including phenoxy) is 1. The molecule has 0 spiro atoms. The van der Waals surface area contributed by atoms with Gasteiger partial charge < -0.3 is 9.84 Å². The van der Waals surface area contributed by atoms with Crippen molar-refractivity contribution in [2.24, 2.45) is 0 Å². The Morgan fingerprint density at radius 2 is 2.50 bits per heavy atom. The van der Waals surface area contributed by atoms with Crippen molar-refractivity contribution in [1.82, 2.24) is 9.19 Å². The first-order valence-corrected chi connectivity index (χ1v) is 4.62. The molecule has 0 saturated carbocycles. The second-order valence-corrected chi connectivity index (χ2v) is 3.31. The summed E-state index contributed by atoms with van der Waals surface area (Å²) in [5.74, 6) is -1.13. The van der Waals surface area contributed by atoms with Crippen LogP contribution in [0.2, 0.25) is 0 Å². The van der Waals surface area contributed by atoms with Crippen molar-refractivity contribution in [3.63, 3.8) is 0 Å². The summed E-state index contributed by atoms with van der Waals surface area (Å²) in [6.07, 6.45) is 0.470. The van der Waals surface area contributed by atoms with Crippen molar-refractivity contribution in [3.8, 4) is 0 Å². The average Bonchev–Trinajstić information content (AvgIpc) is 2.56. The summed E-state index contributed by atoms with van der Waals surface area (Å²) in [7, 11) is 0. The Hall–Kier alpha value is -1.08. The van der Waals surface area contributed by atoms with Gasteiger partial charge in [0, 0.05) is 12.0 Å². The molecule has 0 aromatic carbocycles. The third kappa shape index (κ3) is 1.38. The summed E-state index contributed by atoms with van der Waals surface area (Å²) in [6.45, 7) is 0.669. The topological polar surface area (TPSA) is 64.3 Å². The molecule has 1 N–H and O–H groups in total. The number of carboxylic acids is 1. The number of fused-ring (bicyclic) bond motifs is 1. The number of carboxylic acid groups (broad SMARTS) is 1. The largest absolute Gasteiger partial charge is 0.476 e. The number of hydrogen-bond donors (Lipinski definition) is 1. The molecule has 7 heteroatoms. The van der Waals surface area contributed by atoms with E-state index in [1.807, 2.05) is 0 Å². The summed E-state index contributed by atoms with van der Waals surface area (Å²) in [4.78, 5) is 10.8. The predicted molar refractivity (Wildman–Crippen MR) is 46.6 cm³/mol. The van der Waals surface area contributed by atoms with Crippen LogP contribution in [-0.2, 0) is 17.8 Å². The van der Waals surface area contributed by atoms with Crippen LogP contribution in [0.15, 0.2) is 0 Å². The molecule has 0 unspecified atom stereocenters. The average molecular weight is 218 g/mol. The highest BCUT2D eigenvalue weighted by Gasteiger charge is 2.25. The lowest BCUT2D eigenvalue weighted by Crippen LogP contribution is -2.12. The van der Waals surface area contributed by atoms with Gasteiger partial charge in [0.05, 0.1) is 18.9 Å². The van der Waals surface area contributed by atoms with Crippen LogP contribution in [-0.4, -0.2) is 26.9 Å². The highest BCUT2D eigenvalue weighted by Crippen LogP contribution is 2.24. The molecule has 1 aromatic heterocycles. The molecule has 0 bridgehead atoms. The van der Waals surface area contributed by atoms with Gasteiger partial charge in [0.2, 0.25) is 0 Å². The number of halogens is 1. The molecule has 1 aliphatic heterocycles. The first-order chi connectivity index (χ1) is 6.74. The SMILES string of the molecule is O=C(O)c1nn(SF)c2c1CCOC2. The smallest absolute Gasteiger partial charge is 0.356 e. The maximum atomic E-state index is 12.4. The summed E-state index contributed by atoms with van der Waals surface area (Å²) >= 11 is -0.116. The Labute approximate surface area is 83.3 Å². The molecule has 0 radical (unpaired) electrons. The number of carbonyl (C=O) groups is 1. The zero-order valence-corrected chi connectivity index (χ0v) is 7.88. The second-order valence-electron chi connectivity index (χ2n) is 2.82. The quantitative estimate of drug-likeness (QED) is 0.803. The van der Waals surface area contributed by atoms with Crippen molar-refractivity contribution < 1.29 is 18.5 Å². The molecule has 76 valence electrons. The van der Waals surface area contributed by atoms with Gasteiger partial charge in [-0.25, -0.2) is 4.79 Å². The minimum atomic E-state index is -1.13. The Morgan fingerprint density at radius 3 is 3.14 bits per heavy atom. The minimum Gasteiger partial charge on any atom is -0.476 e. The molecule has 1 aromatic rings. The molecule has 0 aliphatic carbocycles. The molecule has 2 heterocycles. The maximum absolute atomic E-state index is 12.4. The lowest BCUT2D eigenvalue weighted by Gasteiger charge is -2.12. The molecule has 1 aliphatic rings. The van der Waals surface area contributed by atoms with Crippen LogP contribution in [0.3, 0.4) is 0 Å². The number of nitrogens with zero attached hydrogens (tertiary/aromatic N) is 2. The zero-order valence-electron chi connectivity index (χ0n) is 7.07. The van der Waals surface area contributed by atoms with Gasteiger partial charge in [-0.05, 0) is 0 Å². The van der Waals surface area contributed by atoms with Crippen LogP contribution in [0, 0.1) is 0 Å². The molecule has 5 nitrogen and oxygen atoms in total. The fraction of sp³-hybridized carbons (Fsp3) is 0.429. The fourth-order valence-corrected chi connectivity index (χ4v) is 1.80. The summed E-state index contributed by atoms with van der Waals surface area (Å²) in [6, 6.07) is 0. The van der Waals surface area contributed by atoms with Crippen molar-refractivity contribution in [3.05, 3.63) is 17.0 Å². The van der Waals surface area contributed by atoms with Gasteiger partial charge in [-0.3, -0.25) is 0 Å². The summed E-state index contributed by atoms with van der Waals surface area (Å²) < 4.78 is 18.4. The molecule has 0 atom stereocenters. The van der Waals surface area contributed by atoms with Gasteiger partial charge in [0.1, 0.15) is 0 Å². The van der Waals surface area contributed by atoms with Gasteiger partial charge >= 0.3 is 5.97 Å². The fourth-order valence-electron chi connectivity index (χ4n) is 1.44. The summed E-state index contributed by atoms with van der Waals surface area (Å²) in [5.41, 5.74) is 1.00. The monoisotopic (exact) mass is 218 g/mol. The van der Waals surface area contributed by atoms with Crippen LogP contribution < -0.4 is 0 Å². The van der Waals surface area contributed by atoms with Crippen LogP contribution >= 0.6 is 12.3 Å². The van der Waals surface area contributed by atoms with E-state index in [4.69, 9.17) is 9.84 Å². The van der Waals surface area contributed by atoms with E-state index in [9.17, 15) is 8.68 Å². The first-order valence-electron chi connectivity index (χ1n) is 3.95. The molecular formula is C7H7FN2O3S. The maximum Gasteiger partial charge on any atom is 0.356 e. The van der Waals surface area contributed by atoms with E-state index < -0.39 is 5.97 Å². The van der Waals surface area contributed by atoms with E-state index >= 15 is 0 Å². The molecule has 14 heavy (non-hydrogen) atoms. The first kappa shape index (κ1) is 9.47. The van der Waals surface area contributed by atoms with Crippen molar-refractivity contribution in [2.75, 3.05) is 6.61 Å². The van der Waals surface area contributed by atoms with Crippen LogP contribution in [0.4, 0.5) is 3.89 Å². The van der Waals surface area contributed by atoms with E-state index in [0.29, 0.717) is 24.3 Å². The highest BCUT2D eigenvalue weighted by molar-refractivity contribution is 7.92. The van der Waals surface area contributed by atoms with Gasteiger partial charge in [-0.15, -0.1) is 3.89 Å². The third-order valence-electron chi connectivity index (χ3n) is 2.06. The van der Waals surface area contributed by atoms with Gasteiger partial charge in [0.25, 0.3) is 0 Å². The Bertz CT molecular complexity index is 379. The molecule has 0 amide bonds. The Kier molecular flexibility index (Phi) is 2.42. The highest BCUT2D eigenvalue weighted by atomic mass is 32.2. The van der Waals surface area contributed by atoms with E-state index in [2.05, 4.69) is 5.10 Å². The second kappa shape index (κ2) is 3.58. The van der Waals surface area contributed by atoms with Crippen LogP contribution in [0.5, 0.6) is 0 Å². The standard InChI is InChI=1S/C7H7FN2O3S/c8-14-10-5-3-13-2-1-4(5)6(9-10)7(11)12/h1-3H2,(H,11,12). The molecule has 0 fully saturated rings. The van der Waals surface area contributed by atoms with Crippen molar-refractivity contribution in [2.45, 2.75) is 13.0 Å². The zero-order chi connectivity index (χ0) is 10.1. The predicted octanol–water partition coefficient (Wildman–Crippen LogP) is 1.03. The molecule has 0 saturated heterocycles. The summed E-state index contributed by atoms with van der Waals surface area (Å²) in [5, 5.41) is 12.4. The van der Waals surface area contributed by atoms with Crippen LogP contribution in [0.1, 0.15) is 21.7 Å². The molecular weight excluding hydrogens is 211 g/mol. The molecule has 2 rings (SSSR count). The van der Waals surface area contributed by atoms with E-state index in [-0.39, 0.29) is 24.6 Å². The van der Waals surface area contributed by atoms with E-state index in [1.54, 1.807) is 0 Å². The van der Waals surface area contributed by atoms with E-state index in [1.165, 1.54) is 0 Å². The van der Waals surface area contributed by atoms with Crippen molar-refractivity contribution >= 4 is 18.3 Å². The van der Waals surface area contributed by atoms with Gasteiger partial charge in [-0.2, -0.15) is 9.19 Å².